The van der Waals surface area contributed by atoms with Crippen LogP contribution in [-0.2, 0) is 5.75 Å². The molecule has 1 nitrogen and oxygen atoms in total. The normalized spacial score (nSPS) is 11.1. The zero-order chi connectivity index (χ0) is 16.5. The van der Waals surface area contributed by atoms with Crippen LogP contribution in [0.2, 0.25) is 10.0 Å². The molecule has 0 atom stereocenters. The van der Waals surface area contributed by atoms with Crippen LogP contribution in [0.1, 0.15) is 5.56 Å². The van der Waals surface area contributed by atoms with Gasteiger partial charge in [0.25, 0.3) is 0 Å². The highest BCUT2D eigenvalue weighted by atomic mass is 35.5. The van der Waals surface area contributed by atoms with E-state index in [1.165, 1.54) is 10.5 Å². The number of halogens is 2. The van der Waals surface area contributed by atoms with Crippen LogP contribution in [0.15, 0.2) is 58.8 Å². The Bertz CT molecular complexity index is 662. The molecule has 0 amide bonds. The highest BCUT2D eigenvalue weighted by Crippen LogP contribution is 2.30. The number of hydrogen-bond acceptors (Lipinski definition) is 4. The molecule has 0 aromatic heterocycles. The van der Waals surface area contributed by atoms with E-state index in [1.807, 2.05) is 36.4 Å². The molecule has 0 aliphatic rings. The molecule has 0 bridgehead atoms. The lowest BCUT2D eigenvalue weighted by Crippen LogP contribution is -1.82. The van der Waals surface area contributed by atoms with Gasteiger partial charge in [-0.25, -0.2) is 0 Å². The summed E-state index contributed by atoms with van der Waals surface area (Å²) in [7, 11) is 5.18. The lowest BCUT2D eigenvalue weighted by molar-refractivity contribution is 0.413. The summed E-state index contributed by atoms with van der Waals surface area (Å²) in [6.45, 7) is 0. The molecule has 0 saturated heterocycles. The molecule has 2 rings (SSSR count). The first-order chi connectivity index (χ1) is 11.2. The maximum Gasteiger partial charge on any atom is 0.119 e. The largest absolute Gasteiger partial charge is 0.497 e. The van der Waals surface area contributed by atoms with E-state index in [-0.39, 0.29) is 0 Å². The molecule has 122 valence electrons. The minimum atomic E-state index is 0.600. The van der Waals surface area contributed by atoms with E-state index in [4.69, 9.17) is 27.9 Å². The summed E-state index contributed by atoms with van der Waals surface area (Å²) in [5.41, 5.74) is 1.18. The van der Waals surface area contributed by atoms with Gasteiger partial charge in [-0.05, 0) is 41.3 Å². The minimum Gasteiger partial charge on any atom is -0.497 e. The first-order valence-corrected chi connectivity index (χ1v) is 11.0. The molecule has 0 radical (unpaired) electrons. The summed E-state index contributed by atoms with van der Waals surface area (Å²) in [5, 5.41) is 3.33. The number of benzene rings is 2. The van der Waals surface area contributed by atoms with Gasteiger partial charge >= 0.3 is 0 Å². The van der Waals surface area contributed by atoms with E-state index >= 15 is 0 Å². The predicted molar refractivity (Wildman–Crippen MR) is 108 cm³/mol. The Labute approximate surface area is 159 Å². The van der Waals surface area contributed by atoms with Crippen LogP contribution in [0.3, 0.4) is 0 Å². The van der Waals surface area contributed by atoms with Crippen LogP contribution in [0.4, 0.5) is 0 Å². The van der Waals surface area contributed by atoms with E-state index in [9.17, 15) is 0 Å². The zero-order valence-electron chi connectivity index (χ0n) is 12.5. The van der Waals surface area contributed by atoms with Gasteiger partial charge in [0.05, 0.1) is 17.2 Å². The molecular formula is C17H16Cl2OS3. The fourth-order valence-corrected chi connectivity index (χ4v) is 4.61. The molecule has 0 heterocycles. The fraction of sp³-hybridized carbons (Fsp3) is 0.176. The molecule has 0 fully saturated rings. The molecule has 2 aromatic carbocycles. The summed E-state index contributed by atoms with van der Waals surface area (Å²) in [6, 6.07) is 13.9. The molecule has 2 aromatic rings. The van der Waals surface area contributed by atoms with E-state index in [0.29, 0.717) is 10.0 Å². The third-order valence-electron chi connectivity index (χ3n) is 2.82. The Balaban J connectivity index is 1.66. The van der Waals surface area contributed by atoms with Crippen molar-refractivity contribution >= 4 is 56.6 Å². The van der Waals surface area contributed by atoms with Crippen LogP contribution in [0.5, 0.6) is 5.75 Å². The van der Waals surface area contributed by atoms with Crippen LogP contribution in [-0.4, -0.2) is 12.9 Å². The van der Waals surface area contributed by atoms with Crippen molar-refractivity contribution in [1.29, 1.82) is 0 Å². The van der Waals surface area contributed by atoms with Crippen LogP contribution >= 0.6 is 56.6 Å². The first kappa shape index (κ1) is 18.9. The van der Waals surface area contributed by atoms with Gasteiger partial charge in [0.2, 0.25) is 0 Å². The number of methoxy groups -OCH3 is 1. The molecule has 6 heteroatoms. The average molecular weight is 403 g/mol. The fourth-order valence-electron chi connectivity index (χ4n) is 1.68. The third kappa shape index (κ3) is 6.94. The van der Waals surface area contributed by atoms with Crippen molar-refractivity contribution in [1.82, 2.24) is 0 Å². The maximum atomic E-state index is 6.00. The Kier molecular flexibility index (Phi) is 8.62. The first-order valence-electron chi connectivity index (χ1n) is 6.83. The molecule has 0 aliphatic carbocycles. The van der Waals surface area contributed by atoms with Gasteiger partial charge in [0, 0.05) is 16.4 Å². The number of hydrogen-bond donors (Lipinski definition) is 0. The highest BCUT2D eigenvalue weighted by molar-refractivity contribution is 8.77. The van der Waals surface area contributed by atoms with Gasteiger partial charge in [-0.1, -0.05) is 63.0 Å². The Morgan fingerprint density at radius 2 is 1.96 bits per heavy atom. The number of thioether (sulfide) groups is 1. The van der Waals surface area contributed by atoms with Gasteiger partial charge in [-0.3, -0.25) is 0 Å². The molecule has 0 aliphatic heterocycles. The van der Waals surface area contributed by atoms with Crippen LogP contribution in [0, 0.1) is 0 Å². The second-order valence-corrected chi connectivity index (χ2v) is 8.65. The Hall–Kier alpha value is -0.390. The summed E-state index contributed by atoms with van der Waals surface area (Å²) in [6.07, 6.45) is 2.16. The molecule has 0 saturated carbocycles. The SMILES string of the molecule is COc1cccc(SC/C=C\SSCc2ccc(Cl)c(Cl)c2)c1. The summed E-state index contributed by atoms with van der Waals surface area (Å²) in [4.78, 5) is 1.21. The van der Waals surface area contributed by atoms with E-state index in [1.54, 1.807) is 40.5 Å². The van der Waals surface area contributed by atoms with Gasteiger partial charge in [-0.2, -0.15) is 0 Å². The summed E-state index contributed by atoms with van der Waals surface area (Å²) in [5.74, 6) is 2.73. The zero-order valence-corrected chi connectivity index (χ0v) is 16.5. The Morgan fingerprint density at radius 3 is 2.74 bits per heavy atom. The van der Waals surface area contributed by atoms with E-state index in [2.05, 4.69) is 17.6 Å². The molecule has 0 unspecified atom stereocenters. The molecule has 0 N–H and O–H groups in total. The maximum absolute atomic E-state index is 6.00. The van der Waals surface area contributed by atoms with E-state index in [0.717, 1.165) is 17.3 Å². The third-order valence-corrected chi connectivity index (χ3v) is 6.49. The number of rotatable bonds is 8. The lowest BCUT2D eigenvalue weighted by atomic mass is 10.2. The predicted octanol–water partition coefficient (Wildman–Crippen LogP) is 7.19. The number of ether oxygens (including phenoxy) is 1. The summed E-state index contributed by atoms with van der Waals surface area (Å²) < 4.78 is 5.22. The van der Waals surface area contributed by atoms with Crippen molar-refractivity contribution in [3.63, 3.8) is 0 Å². The van der Waals surface area contributed by atoms with Crippen LogP contribution in [0.25, 0.3) is 0 Å². The monoisotopic (exact) mass is 402 g/mol. The average Bonchev–Trinajstić information content (AvgIpc) is 2.57. The van der Waals surface area contributed by atoms with Crippen molar-refractivity contribution in [2.24, 2.45) is 0 Å². The highest BCUT2D eigenvalue weighted by Gasteiger charge is 1.99. The van der Waals surface area contributed by atoms with Crippen LogP contribution < -0.4 is 4.74 Å². The van der Waals surface area contributed by atoms with Gasteiger partial charge in [0.15, 0.2) is 0 Å². The molecular weight excluding hydrogens is 387 g/mol. The van der Waals surface area contributed by atoms with Crippen molar-refractivity contribution in [2.45, 2.75) is 10.6 Å². The second-order valence-electron chi connectivity index (χ2n) is 4.47. The topological polar surface area (TPSA) is 9.23 Å². The summed E-state index contributed by atoms with van der Waals surface area (Å²) >= 11 is 13.7. The van der Waals surface area contributed by atoms with Crippen molar-refractivity contribution in [3.8, 4) is 5.75 Å². The van der Waals surface area contributed by atoms with E-state index < -0.39 is 0 Å². The molecule has 0 spiro atoms. The van der Waals surface area contributed by atoms with Crippen molar-refractivity contribution in [3.05, 3.63) is 69.6 Å². The lowest BCUT2D eigenvalue weighted by Gasteiger charge is -2.02. The van der Waals surface area contributed by atoms with Crippen molar-refractivity contribution in [2.75, 3.05) is 12.9 Å². The molecule has 23 heavy (non-hydrogen) atoms. The quantitative estimate of drug-likeness (QED) is 0.262. The van der Waals surface area contributed by atoms with Crippen molar-refractivity contribution < 1.29 is 4.74 Å². The smallest absolute Gasteiger partial charge is 0.119 e. The second kappa shape index (κ2) is 10.5. The Morgan fingerprint density at radius 1 is 1.09 bits per heavy atom. The minimum absolute atomic E-state index is 0.600. The van der Waals surface area contributed by atoms with Gasteiger partial charge < -0.3 is 4.74 Å². The standard InChI is InChI=1S/C17H16Cl2OS3/c1-20-14-4-2-5-15(11-14)21-8-3-9-22-23-12-13-6-7-16(18)17(19)10-13/h2-7,9-11H,8,12H2,1H3/b9-3-. The van der Waals surface area contributed by atoms with Gasteiger partial charge in [-0.15, -0.1) is 11.8 Å². The van der Waals surface area contributed by atoms with Gasteiger partial charge in [0.1, 0.15) is 5.75 Å².